The smallest absolute Gasteiger partial charge is 0.343 e. The fraction of sp³-hybridized carbons (Fsp3) is 0.357. The van der Waals surface area contributed by atoms with Crippen molar-refractivity contribution < 1.29 is 38.1 Å². The maximum atomic E-state index is 12.9. The Hall–Kier alpha value is -5.11. The third-order valence-corrected chi connectivity index (χ3v) is 8.21. The molecule has 0 radical (unpaired) electrons. The van der Waals surface area contributed by atoms with Crippen LogP contribution in [0, 0.1) is 0 Å². The number of fused-ring (bicyclic) bond motifs is 2. The van der Waals surface area contributed by atoms with Crippen molar-refractivity contribution in [2.45, 2.75) is 71.1 Å². The first-order valence-electron chi connectivity index (χ1n) is 17.6. The molecule has 50 heavy (non-hydrogen) atoms. The van der Waals surface area contributed by atoms with Crippen LogP contribution < -0.4 is 9.47 Å². The van der Waals surface area contributed by atoms with Gasteiger partial charge in [-0.25, -0.2) is 9.59 Å². The fourth-order valence-electron chi connectivity index (χ4n) is 5.42. The van der Waals surface area contributed by atoms with Gasteiger partial charge < -0.3 is 23.7 Å². The lowest BCUT2D eigenvalue weighted by Crippen LogP contribution is -2.07. The highest BCUT2D eigenvalue weighted by Gasteiger charge is 2.12. The minimum atomic E-state index is -0.509. The number of carbonyl (C=O) groups is 3. The van der Waals surface area contributed by atoms with E-state index in [1.807, 2.05) is 54.6 Å². The van der Waals surface area contributed by atoms with E-state index in [2.05, 4.69) is 13.5 Å². The largest absolute Gasteiger partial charge is 0.494 e. The number of hydrogen-bond acceptors (Lipinski definition) is 8. The van der Waals surface area contributed by atoms with Gasteiger partial charge in [-0.1, -0.05) is 63.5 Å². The van der Waals surface area contributed by atoms with Gasteiger partial charge in [-0.05, 0) is 114 Å². The lowest BCUT2D eigenvalue weighted by molar-refractivity contribution is -0.128. The first kappa shape index (κ1) is 37.7. The Bertz CT molecular complexity index is 1740. The second-order valence-corrected chi connectivity index (χ2v) is 12.1. The van der Waals surface area contributed by atoms with Crippen LogP contribution in [0.2, 0.25) is 0 Å². The molecule has 0 unspecified atom stereocenters. The number of rotatable bonds is 23. The maximum absolute atomic E-state index is 12.9. The van der Waals surface area contributed by atoms with Crippen LogP contribution in [0.4, 0.5) is 0 Å². The highest BCUT2D eigenvalue weighted by molar-refractivity contribution is 5.97. The van der Waals surface area contributed by atoms with Gasteiger partial charge in [0.05, 0.1) is 37.6 Å². The van der Waals surface area contributed by atoms with Crippen LogP contribution in [0.1, 0.15) is 91.8 Å². The van der Waals surface area contributed by atoms with Crippen molar-refractivity contribution in [3.8, 4) is 11.5 Å². The highest BCUT2D eigenvalue weighted by atomic mass is 16.5. The van der Waals surface area contributed by atoms with Gasteiger partial charge in [-0.2, -0.15) is 0 Å². The Balaban J connectivity index is 1.20. The summed E-state index contributed by atoms with van der Waals surface area (Å²) < 4.78 is 27.5. The molecule has 0 aliphatic carbocycles. The first-order chi connectivity index (χ1) is 24.5. The second kappa shape index (κ2) is 21.1. The average Bonchev–Trinajstić information content (AvgIpc) is 3.14. The lowest BCUT2D eigenvalue weighted by atomic mass is 10.1. The predicted molar refractivity (Wildman–Crippen MR) is 197 cm³/mol. The van der Waals surface area contributed by atoms with Crippen molar-refractivity contribution in [3.63, 3.8) is 0 Å². The molecule has 0 atom stereocenters. The van der Waals surface area contributed by atoms with Crippen LogP contribution in [0.5, 0.6) is 11.5 Å². The highest BCUT2D eigenvalue weighted by Crippen LogP contribution is 2.25. The summed E-state index contributed by atoms with van der Waals surface area (Å²) in [5, 5.41) is 3.75. The maximum Gasteiger partial charge on any atom is 0.343 e. The third-order valence-electron chi connectivity index (χ3n) is 8.21. The van der Waals surface area contributed by atoms with Crippen LogP contribution in [-0.2, 0) is 19.0 Å². The predicted octanol–water partition coefficient (Wildman–Crippen LogP) is 9.93. The van der Waals surface area contributed by atoms with Crippen molar-refractivity contribution in [1.82, 2.24) is 0 Å². The molecular weight excluding hydrogens is 632 g/mol. The molecule has 0 aliphatic rings. The van der Waals surface area contributed by atoms with Crippen LogP contribution in [0.25, 0.3) is 21.5 Å². The molecule has 4 aromatic rings. The molecule has 0 fully saturated rings. The second-order valence-electron chi connectivity index (χ2n) is 12.1. The number of unbranched alkanes of at least 4 members (excludes halogenated alkanes) is 7. The molecule has 0 aliphatic heterocycles. The molecule has 0 amide bonds. The van der Waals surface area contributed by atoms with E-state index in [0.29, 0.717) is 43.8 Å². The Morgan fingerprint density at radius 2 is 1.14 bits per heavy atom. The first-order valence-corrected chi connectivity index (χ1v) is 17.6. The zero-order valence-electron chi connectivity index (χ0n) is 29.0. The van der Waals surface area contributed by atoms with E-state index in [1.165, 1.54) is 31.8 Å². The van der Waals surface area contributed by atoms with E-state index in [1.54, 1.807) is 24.3 Å². The molecule has 8 nitrogen and oxygen atoms in total. The number of esters is 2. The average molecular weight is 681 g/mol. The molecular formula is C42H48O8. The summed E-state index contributed by atoms with van der Waals surface area (Å²) in [6, 6.07) is 22.4. The molecule has 8 heteroatoms. The Morgan fingerprint density at radius 1 is 0.620 bits per heavy atom. The zero-order chi connectivity index (χ0) is 35.4. The number of benzene rings is 4. The summed E-state index contributed by atoms with van der Waals surface area (Å²) in [5.74, 6) is 0.945. The molecule has 4 rings (SSSR count). The monoisotopic (exact) mass is 680 g/mol. The summed E-state index contributed by atoms with van der Waals surface area (Å²) in [7, 11) is 0. The van der Waals surface area contributed by atoms with Crippen LogP contribution >= 0.6 is 0 Å². The van der Waals surface area contributed by atoms with Gasteiger partial charge in [0.2, 0.25) is 0 Å². The minimum absolute atomic E-state index is 0.119. The molecule has 0 aromatic heterocycles. The molecule has 0 saturated carbocycles. The number of hydrogen-bond donors (Lipinski definition) is 0. The number of carbonyl (C=O) groups excluding carboxylic acids is 3. The van der Waals surface area contributed by atoms with E-state index in [-0.39, 0.29) is 12.4 Å². The zero-order valence-corrected chi connectivity index (χ0v) is 29.0. The van der Waals surface area contributed by atoms with Gasteiger partial charge in [0, 0.05) is 6.42 Å². The van der Waals surface area contributed by atoms with E-state index in [0.717, 1.165) is 65.1 Å². The van der Waals surface area contributed by atoms with Crippen molar-refractivity contribution in [1.29, 1.82) is 0 Å². The van der Waals surface area contributed by atoms with Crippen LogP contribution in [0.3, 0.4) is 0 Å². The molecule has 0 spiro atoms. The van der Waals surface area contributed by atoms with Crippen molar-refractivity contribution in [2.75, 3.05) is 26.4 Å². The van der Waals surface area contributed by atoms with Gasteiger partial charge >= 0.3 is 11.9 Å². The summed E-state index contributed by atoms with van der Waals surface area (Å²) >= 11 is 0. The topological polar surface area (TPSA) is 97.4 Å². The normalized spacial score (nSPS) is 11.3. The lowest BCUT2D eigenvalue weighted by Gasteiger charge is -2.09. The van der Waals surface area contributed by atoms with Gasteiger partial charge in [0.15, 0.2) is 0 Å². The molecule has 4 aromatic carbocycles. The molecule has 0 N–H and O–H groups in total. The van der Waals surface area contributed by atoms with Gasteiger partial charge in [0.1, 0.15) is 17.3 Å². The Labute approximate surface area is 295 Å². The number of allylic oxidation sites excluding steroid dienone is 1. The Morgan fingerprint density at radius 3 is 1.70 bits per heavy atom. The van der Waals surface area contributed by atoms with Crippen LogP contribution in [-0.4, -0.2) is 44.8 Å². The minimum Gasteiger partial charge on any atom is -0.494 e. The van der Waals surface area contributed by atoms with Gasteiger partial charge in [0.25, 0.3) is 6.47 Å². The number of ether oxygens (including phenoxy) is 5. The van der Waals surface area contributed by atoms with Gasteiger partial charge in [-0.15, -0.1) is 0 Å². The van der Waals surface area contributed by atoms with E-state index in [4.69, 9.17) is 23.7 Å². The van der Waals surface area contributed by atoms with Crippen molar-refractivity contribution >= 4 is 40.0 Å². The third kappa shape index (κ3) is 12.4. The standard InChI is InChI=1S/C42H48O8/c1-3-5-6-7-11-24-47-39-21-19-32-27-36(17-15-34(32)29-39)41(44)49-26-13-14-38(4-2)50-42(45)37-18-16-35-30-40(22-20-33(35)28-37)48-25-12-9-8-10-23-46-31-43/h4,14-22,27-31H,2-3,5-13,23-26H2,1H3/b38-14+. The summed E-state index contributed by atoms with van der Waals surface area (Å²) in [6.07, 6.45) is 13.2. The fourth-order valence-corrected chi connectivity index (χ4v) is 5.42. The van der Waals surface area contributed by atoms with E-state index < -0.39 is 11.9 Å². The summed E-state index contributed by atoms with van der Waals surface area (Å²) in [4.78, 5) is 35.8. The Kier molecular flexibility index (Phi) is 15.9. The quantitative estimate of drug-likeness (QED) is 0.0191. The summed E-state index contributed by atoms with van der Waals surface area (Å²) in [5.41, 5.74) is 0.868. The van der Waals surface area contributed by atoms with Crippen LogP contribution in [0.15, 0.2) is 97.3 Å². The molecule has 0 heterocycles. The van der Waals surface area contributed by atoms with E-state index in [9.17, 15) is 14.4 Å². The van der Waals surface area contributed by atoms with Gasteiger partial charge in [-0.3, -0.25) is 4.79 Å². The molecule has 0 saturated heterocycles. The van der Waals surface area contributed by atoms with E-state index >= 15 is 0 Å². The summed E-state index contributed by atoms with van der Waals surface area (Å²) in [6.45, 7) is 8.31. The van der Waals surface area contributed by atoms with Crippen molar-refractivity contribution in [2.24, 2.45) is 0 Å². The molecule has 264 valence electrons. The molecule has 0 bridgehead atoms. The van der Waals surface area contributed by atoms with Crippen molar-refractivity contribution in [3.05, 3.63) is 108 Å². The SMILES string of the molecule is C=C/C(=C\CCOC(=O)c1ccc2cc(OCCCCCCC)ccc2c1)OC(=O)c1ccc2cc(OCCCCCCOC=O)ccc2c1.